The molecule has 0 aromatic carbocycles. The van der Waals surface area contributed by atoms with Crippen LogP contribution in [0, 0.1) is 0 Å². The first kappa shape index (κ1) is 68.8. The second kappa shape index (κ2) is 50.6. The molecule has 6 atom stereocenters. The number of carbonyl (C=O) groups is 1. The summed E-state index contributed by atoms with van der Waals surface area (Å²) >= 11 is 0. The van der Waals surface area contributed by atoms with E-state index in [1.54, 1.807) is 0 Å². The first-order valence-electron chi connectivity index (χ1n) is 28.6. The maximum atomic E-state index is 13.0. The third-order valence-electron chi connectivity index (χ3n) is 12.4. The van der Waals surface area contributed by atoms with Crippen molar-refractivity contribution in [2.24, 2.45) is 0 Å². The molecule has 13 heteroatoms. The second-order valence-corrected chi connectivity index (χ2v) is 20.2. The van der Waals surface area contributed by atoms with E-state index in [1.807, 2.05) is 0 Å². The summed E-state index contributed by atoms with van der Waals surface area (Å²) in [6.45, 7) is 3.75. The molecular formula is C61H102O12S. The Hall–Kier alpha value is -3.24. The lowest BCUT2D eigenvalue weighted by atomic mass is 9.99. The molecular weight excluding hydrogens is 957 g/mol. The van der Waals surface area contributed by atoms with Crippen LogP contribution in [0.3, 0.4) is 0 Å². The van der Waals surface area contributed by atoms with Crippen molar-refractivity contribution in [1.29, 1.82) is 0 Å². The van der Waals surface area contributed by atoms with Crippen molar-refractivity contribution < 1.29 is 56.2 Å². The van der Waals surface area contributed by atoms with Gasteiger partial charge in [0, 0.05) is 13.0 Å². The highest BCUT2D eigenvalue weighted by Gasteiger charge is 2.48. The van der Waals surface area contributed by atoms with Gasteiger partial charge >= 0.3 is 16.4 Å². The van der Waals surface area contributed by atoms with Crippen LogP contribution in [0.1, 0.15) is 206 Å². The molecule has 1 heterocycles. The maximum Gasteiger partial charge on any atom is 0.397 e. The van der Waals surface area contributed by atoms with Gasteiger partial charge in [-0.1, -0.05) is 213 Å². The lowest BCUT2D eigenvalue weighted by Gasteiger charge is -2.41. The number of carbonyl (C=O) groups excluding carboxylic acids is 1. The minimum absolute atomic E-state index is 0.0224. The zero-order valence-electron chi connectivity index (χ0n) is 45.9. The van der Waals surface area contributed by atoms with E-state index in [-0.39, 0.29) is 19.6 Å². The van der Waals surface area contributed by atoms with Crippen molar-refractivity contribution in [2.45, 2.75) is 243 Å². The third kappa shape index (κ3) is 42.9. The Morgan fingerprint density at radius 1 is 0.514 bits per heavy atom. The molecule has 1 fully saturated rings. The Balaban J connectivity index is 2.32. The summed E-state index contributed by atoms with van der Waals surface area (Å²) in [5.41, 5.74) is 0. The van der Waals surface area contributed by atoms with Crippen molar-refractivity contribution in [1.82, 2.24) is 0 Å². The number of aliphatic hydroxyl groups is 3. The number of hydrogen-bond donors (Lipinski definition) is 4. The van der Waals surface area contributed by atoms with Crippen molar-refractivity contribution >= 4 is 16.4 Å². The quantitative estimate of drug-likeness (QED) is 0.0196. The van der Waals surface area contributed by atoms with Gasteiger partial charge in [-0.05, 0) is 96.3 Å². The van der Waals surface area contributed by atoms with Crippen LogP contribution < -0.4 is 0 Å². The standard InChI is InChI=1S/C61H102O12S/c1-3-5-7-9-11-13-15-17-19-21-23-25-27-29-31-33-35-37-39-41-43-45-47-49-51-69-53-55(54-70-61-59(65)60(73-74(66,67)68)58(64)56(52-62)72-61)71-57(63)50-48-46-44-42-40-38-36-34-32-30-28-26-24-22-20-18-16-14-12-10-8-6-4-2/h5-8,11-14,17-20,23-26,30,32,55-56,58-62,64-65H,3-4,9-10,15-16,21-22,27-29,31,33-54H2,1-2H3,(H,66,67,68)/b7-5-,8-6-,13-11-,14-12-,19-17-,20-18-,25-23-,26-24-,32-30-. The normalized spacial score (nSPS) is 19.6. The third-order valence-corrected chi connectivity index (χ3v) is 12.9. The van der Waals surface area contributed by atoms with Crippen LogP contribution in [0.5, 0.6) is 0 Å². The highest BCUT2D eigenvalue weighted by molar-refractivity contribution is 7.80. The van der Waals surface area contributed by atoms with Gasteiger partial charge < -0.3 is 34.3 Å². The Bertz CT molecular complexity index is 1700. The van der Waals surface area contributed by atoms with E-state index in [0.717, 1.165) is 122 Å². The van der Waals surface area contributed by atoms with E-state index in [2.05, 4.69) is 127 Å². The van der Waals surface area contributed by atoms with Gasteiger partial charge in [0.15, 0.2) is 6.29 Å². The molecule has 74 heavy (non-hydrogen) atoms. The molecule has 0 radical (unpaired) electrons. The second-order valence-electron chi connectivity index (χ2n) is 19.1. The molecule has 0 aromatic rings. The van der Waals surface area contributed by atoms with Crippen molar-refractivity contribution in [3.63, 3.8) is 0 Å². The molecule has 0 saturated carbocycles. The van der Waals surface area contributed by atoms with Crippen molar-refractivity contribution in [3.05, 3.63) is 109 Å². The minimum Gasteiger partial charge on any atom is -0.457 e. The predicted octanol–water partition coefficient (Wildman–Crippen LogP) is 14.3. The molecule has 1 rings (SSSR count). The monoisotopic (exact) mass is 1060 g/mol. The van der Waals surface area contributed by atoms with Crippen LogP contribution >= 0.6 is 0 Å². The van der Waals surface area contributed by atoms with E-state index in [9.17, 15) is 33.1 Å². The first-order chi connectivity index (χ1) is 36.1. The Morgan fingerprint density at radius 3 is 1.30 bits per heavy atom. The van der Waals surface area contributed by atoms with E-state index in [1.165, 1.54) is 57.8 Å². The van der Waals surface area contributed by atoms with Gasteiger partial charge in [-0.3, -0.25) is 9.35 Å². The summed E-state index contributed by atoms with van der Waals surface area (Å²) in [5, 5.41) is 30.9. The van der Waals surface area contributed by atoms with Crippen molar-refractivity contribution in [3.8, 4) is 0 Å². The molecule has 1 aliphatic rings. The van der Waals surface area contributed by atoms with Crippen LogP contribution in [-0.2, 0) is 38.3 Å². The van der Waals surface area contributed by atoms with Gasteiger partial charge in [0.05, 0.1) is 19.8 Å². The zero-order chi connectivity index (χ0) is 53.8. The van der Waals surface area contributed by atoms with Crippen LogP contribution in [0.4, 0.5) is 0 Å². The number of esters is 1. The molecule has 0 amide bonds. The molecule has 0 aliphatic carbocycles. The number of ether oxygens (including phenoxy) is 4. The highest BCUT2D eigenvalue weighted by atomic mass is 32.3. The molecule has 424 valence electrons. The van der Waals surface area contributed by atoms with Gasteiger partial charge in [-0.2, -0.15) is 8.42 Å². The maximum absolute atomic E-state index is 13.0. The van der Waals surface area contributed by atoms with E-state index < -0.39 is 59.8 Å². The number of rotatable bonds is 49. The minimum atomic E-state index is -5.08. The van der Waals surface area contributed by atoms with Gasteiger partial charge in [-0.15, -0.1) is 0 Å². The van der Waals surface area contributed by atoms with Gasteiger partial charge in [-0.25, -0.2) is 4.18 Å². The van der Waals surface area contributed by atoms with E-state index in [0.29, 0.717) is 13.0 Å². The highest BCUT2D eigenvalue weighted by Crippen LogP contribution is 2.26. The molecule has 6 unspecified atom stereocenters. The summed E-state index contributed by atoms with van der Waals surface area (Å²) in [4.78, 5) is 13.0. The topological polar surface area (TPSA) is 178 Å². The predicted molar refractivity (Wildman–Crippen MR) is 303 cm³/mol. The van der Waals surface area contributed by atoms with Gasteiger partial charge in [0.1, 0.15) is 30.5 Å². The zero-order valence-corrected chi connectivity index (χ0v) is 46.7. The van der Waals surface area contributed by atoms with Crippen LogP contribution in [0.15, 0.2) is 109 Å². The summed E-state index contributed by atoms with van der Waals surface area (Å²) < 4.78 is 59.4. The average molecular weight is 1060 g/mol. The van der Waals surface area contributed by atoms with Crippen LogP contribution in [-0.4, -0.2) is 97.5 Å². The van der Waals surface area contributed by atoms with Crippen molar-refractivity contribution in [2.75, 3.05) is 26.4 Å². The fraction of sp³-hybridized carbons (Fsp3) is 0.689. The largest absolute Gasteiger partial charge is 0.457 e. The van der Waals surface area contributed by atoms with E-state index >= 15 is 0 Å². The van der Waals surface area contributed by atoms with Crippen LogP contribution in [0.2, 0.25) is 0 Å². The summed E-state index contributed by atoms with van der Waals surface area (Å²) in [5.74, 6) is -0.414. The number of aliphatic hydroxyl groups excluding tert-OH is 3. The number of allylic oxidation sites excluding steroid dienone is 18. The average Bonchev–Trinajstić information content (AvgIpc) is 3.38. The number of unbranched alkanes of at least 4 members (excludes halogenated alkanes) is 18. The van der Waals surface area contributed by atoms with Gasteiger partial charge in [0.2, 0.25) is 0 Å². The fourth-order valence-corrected chi connectivity index (χ4v) is 8.67. The summed E-state index contributed by atoms with van der Waals surface area (Å²) in [7, 11) is -5.08. The smallest absolute Gasteiger partial charge is 0.397 e. The number of hydrogen-bond acceptors (Lipinski definition) is 11. The molecule has 1 saturated heterocycles. The molecule has 12 nitrogen and oxygen atoms in total. The molecule has 0 aromatic heterocycles. The Morgan fingerprint density at radius 2 is 0.892 bits per heavy atom. The molecule has 0 bridgehead atoms. The molecule has 4 N–H and O–H groups in total. The van der Waals surface area contributed by atoms with E-state index in [4.69, 9.17) is 18.9 Å². The molecule has 1 aliphatic heterocycles. The van der Waals surface area contributed by atoms with Gasteiger partial charge in [0.25, 0.3) is 0 Å². The SMILES string of the molecule is CC/C=C\C/C=C\C/C=C\C/C=C\C/C=C\CCCCCCCCCC(=O)OC(COCCCCCCCCCCCCC/C=C\C/C=C\C/C=C\C/C=C\CC)COC1OC(CO)C(O)C(OS(=O)(=O)O)C1O. The molecule has 0 spiro atoms. The fourth-order valence-electron chi connectivity index (χ4n) is 8.16. The lowest BCUT2D eigenvalue weighted by Crippen LogP contribution is -2.60. The first-order valence-corrected chi connectivity index (χ1v) is 30.0. The Labute approximate surface area is 449 Å². The van der Waals surface area contributed by atoms with Crippen LogP contribution in [0.25, 0.3) is 0 Å². The summed E-state index contributed by atoms with van der Waals surface area (Å²) in [6, 6.07) is 0. The Kier molecular flexibility index (Phi) is 47.0. The summed E-state index contributed by atoms with van der Waals surface area (Å²) in [6.07, 6.45) is 62.6. The lowest BCUT2D eigenvalue weighted by molar-refractivity contribution is -0.301.